The van der Waals surface area contributed by atoms with Crippen molar-refractivity contribution in [1.82, 2.24) is 10.0 Å². The molecular weight excluding hydrogens is 513 g/mol. The number of carbonyl (C=O) groups is 2. The van der Waals surface area contributed by atoms with Crippen molar-refractivity contribution >= 4 is 27.7 Å². The second kappa shape index (κ2) is 11.0. The van der Waals surface area contributed by atoms with Crippen molar-refractivity contribution in [3.05, 3.63) is 48.3 Å². The van der Waals surface area contributed by atoms with Gasteiger partial charge in [0.25, 0.3) is 5.91 Å². The number of amides is 2. The van der Waals surface area contributed by atoms with Gasteiger partial charge in [-0.05, 0) is 65.3 Å². The van der Waals surface area contributed by atoms with Gasteiger partial charge in [0.2, 0.25) is 10.0 Å². The number of carbonyl (C=O) groups excluding carboxylic acids is 2. The van der Waals surface area contributed by atoms with Crippen LogP contribution in [0.1, 0.15) is 54.4 Å². The Bertz CT molecular complexity index is 1290. The molecule has 0 unspecified atom stereocenters. The average Bonchev–Trinajstić information content (AvgIpc) is 2.78. The Morgan fingerprint density at radius 2 is 1.63 bits per heavy atom. The summed E-state index contributed by atoms with van der Waals surface area (Å²) >= 11 is 0. The largest absolute Gasteiger partial charge is 0.444 e. The number of anilines is 1. The van der Waals surface area contributed by atoms with Crippen LogP contribution in [0.25, 0.3) is 11.1 Å². The van der Waals surface area contributed by atoms with E-state index in [1.165, 1.54) is 24.3 Å². The Morgan fingerprint density at radius 3 is 2.21 bits per heavy atom. The number of alkyl carbamates (subject to hydrolysis) is 1. The fourth-order valence-electron chi connectivity index (χ4n) is 4.05. The summed E-state index contributed by atoms with van der Waals surface area (Å²) in [5.41, 5.74) is -2.29. The van der Waals surface area contributed by atoms with Crippen molar-refractivity contribution in [1.29, 1.82) is 0 Å². The molecule has 0 aromatic heterocycles. The van der Waals surface area contributed by atoms with Gasteiger partial charge in [-0.1, -0.05) is 24.3 Å². The van der Waals surface area contributed by atoms with Gasteiger partial charge in [0.1, 0.15) is 17.0 Å². The predicted molar refractivity (Wildman–Crippen MR) is 143 cm³/mol. The van der Waals surface area contributed by atoms with Gasteiger partial charge in [-0.25, -0.2) is 22.3 Å². The minimum Gasteiger partial charge on any atom is -0.444 e. The lowest BCUT2D eigenvalue weighted by Gasteiger charge is -2.36. The number of rotatable bonds is 6. The normalized spacial score (nSPS) is 16.0. The molecule has 0 radical (unpaired) electrons. The third-order valence-electron chi connectivity index (χ3n) is 5.67. The monoisotopic (exact) mass is 549 g/mol. The number of benzene rings is 2. The van der Waals surface area contributed by atoms with Crippen LogP contribution < -0.4 is 15.4 Å². The lowest BCUT2D eigenvalue weighted by atomic mass is 9.89. The quantitative estimate of drug-likeness (QED) is 0.485. The molecule has 9 nitrogen and oxygen atoms in total. The molecular formula is C27H36FN3O6S. The van der Waals surface area contributed by atoms with E-state index < -0.39 is 44.5 Å². The Hall–Kier alpha value is -3.02. The Kier molecular flexibility index (Phi) is 8.55. The van der Waals surface area contributed by atoms with Crippen LogP contribution in [0, 0.1) is 5.82 Å². The summed E-state index contributed by atoms with van der Waals surface area (Å²) in [5.74, 6) is -1.36. The van der Waals surface area contributed by atoms with Crippen molar-refractivity contribution in [2.45, 2.75) is 76.0 Å². The van der Waals surface area contributed by atoms with Crippen LogP contribution in [0.15, 0.2) is 47.4 Å². The summed E-state index contributed by atoms with van der Waals surface area (Å²) in [6, 6.07) is 10.4. The Morgan fingerprint density at radius 1 is 1.00 bits per heavy atom. The average molecular weight is 550 g/mol. The van der Waals surface area contributed by atoms with E-state index >= 15 is 4.39 Å². The summed E-state index contributed by atoms with van der Waals surface area (Å²) < 4.78 is 54.6. The van der Waals surface area contributed by atoms with E-state index in [1.807, 2.05) is 0 Å². The zero-order valence-corrected chi connectivity index (χ0v) is 23.4. The van der Waals surface area contributed by atoms with Gasteiger partial charge < -0.3 is 20.1 Å². The van der Waals surface area contributed by atoms with E-state index in [0.717, 1.165) is 0 Å². The minimum atomic E-state index is -3.89. The second-order valence-corrected chi connectivity index (χ2v) is 13.0. The standard InChI is InChI=1S/C27H36FN3O6S/c1-25(2,3)31-38(34,35)22-10-8-7-9-19(22)18-11-12-21(20(28)17-18)29-23(32)27(13-15-36-16-14-27)30-24(33)37-26(4,5)6/h7-12,17,31H,13-16H2,1-6H3,(H,29,32)(H,30,33). The van der Waals surface area contributed by atoms with E-state index in [0.29, 0.717) is 11.1 Å². The number of ether oxygens (including phenoxy) is 2. The summed E-state index contributed by atoms with van der Waals surface area (Å²) in [5, 5.41) is 5.23. The number of sulfonamides is 1. The smallest absolute Gasteiger partial charge is 0.408 e. The van der Waals surface area contributed by atoms with Gasteiger partial charge in [0.15, 0.2) is 0 Å². The minimum absolute atomic E-state index is 0.00818. The summed E-state index contributed by atoms with van der Waals surface area (Å²) in [6.07, 6.45) is -0.389. The molecule has 1 fully saturated rings. The van der Waals surface area contributed by atoms with Crippen molar-refractivity contribution < 1.29 is 31.9 Å². The van der Waals surface area contributed by atoms with E-state index in [-0.39, 0.29) is 36.6 Å². The van der Waals surface area contributed by atoms with Gasteiger partial charge in [0.05, 0.1) is 10.6 Å². The molecule has 11 heteroatoms. The highest BCUT2D eigenvalue weighted by molar-refractivity contribution is 7.89. The van der Waals surface area contributed by atoms with Crippen LogP contribution in [0.3, 0.4) is 0 Å². The molecule has 208 valence electrons. The molecule has 1 heterocycles. The topological polar surface area (TPSA) is 123 Å². The molecule has 0 spiro atoms. The second-order valence-electron chi connectivity index (χ2n) is 11.3. The maximum Gasteiger partial charge on any atom is 0.408 e. The van der Waals surface area contributed by atoms with Crippen molar-refractivity contribution in [2.75, 3.05) is 18.5 Å². The van der Waals surface area contributed by atoms with Gasteiger partial charge in [-0.3, -0.25) is 4.79 Å². The highest BCUT2D eigenvalue weighted by atomic mass is 32.2. The molecule has 2 aromatic rings. The summed E-state index contributed by atoms with van der Waals surface area (Å²) in [4.78, 5) is 25.8. The van der Waals surface area contributed by atoms with E-state index in [2.05, 4.69) is 15.4 Å². The van der Waals surface area contributed by atoms with Crippen molar-refractivity contribution in [3.63, 3.8) is 0 Å². The molecule has 0 atom stereocenters. The number of hydrogen-bond acceptors (Lipinski definition) is 6. The first-order chi connectivity index (χ1) is 17.5. The van der Waals surface area contributed by atoms with Gasteiger partial charge in [0, 0.05) is 37.2 Å². The molecule has 1 aliphatic rings. The molecule has 2 aromatic carbocycles. The maximum absolute atomic E-state index is 15.3. The molecule has 3 rings (SSSR count). The first-order valence-electron chi connectivity index (χ1n) is 12.3. The first-order valence-corrected chi connectivity index (χ1v) is 13.8. The lowest BCUT2D eigenvalue weighted by Crippen LogP contribution is -2.60. The summed E-state index contributed by atoms with van der Waals surface area (Å²) in [6.45, 7) is 10.8. The molecule has 0 bridgehead atoms. The summed E-state index contributed by atoms with van der Waals surface area (Å²) in [7, 11) is -3.89. The predicted octanol–water partition coefficient (Wildman–Crippen LogP) is 4.58. The lowest BCUT2D eigenvalue weighted by molar-refractivity contribution is -0.126. The van der Waals surface area contributed by atoms with E-state index in [1.54, 1.807) is 59.7 Å². The zero-order valence-electron chi connectivity index (χ0n) is 22.6. The first kappa shape index (κ1) is 29.5. The van der Waals surface area contributed by atoms with E-state index in [4.69, 9.17) is 9.47 Å². The molecule has 3 N–H and O–H groups in total. The third-order valence-corrected chi connectivity index (χ3v) is 7.48. The molecule has 1 aliphatic heterocycles. The van der Waals surface area contributed by atoms with Gasteiger partial charge >= 0.3 is 6.09 Å². The maximum atomic E-state index is 15.3. The molecule has 0 saturated carbocycles. The van der Waals surface area contributed by atoms with Gasteiger partial charge in [-0.2, -0.15) is 0 Å². The molecule has 0 aliphatic carbocycles. The van der Waals surface area contributed by atoms with Crippen LogP contribution in [0.2, 0.25) is 0 Å². The fourth-order valence-corrected chi connectivity index (χ4v) is 5.70. The number of nitrogens with one attached hydrogen (secondary N) is 3. The Labute approximate surface area is 223 Å². The fraction of sp³-hybridized carbons (Fsp3) is 0.481. The third kappa shape index (κ3) is 7.52. The van der Waals surface area contributed by atoms with Crippen LogP contribution in [-0.4, -0.2) is 50.3 Å². The molecule has 1 saturated heterocycles. The highest BCUT2D eigenvalue weighted by Gasteiger charge is 2.43. The van der Waals surface area contributed by atoms with Crippen molar-refractivity contribution in [2.24, 2.45) is 0 Å². The van der Waals surface area contributed by atoms with E-state index in [9.17, 15) is 18.0 Å². The van der Waals surface area contributed by atoms with Crippen LogP contribution >= 0.6 is 0 Å². The van der Waals surface area contributed by atoms with Crippen LogP contribution in [0.5, 0.6) is 0 Å². The van der Waals surface area contributed by atoms with Crippen LogP contribution in [-0.2, 0) is 24.3 Å². The number of halogens is 1. The van der Waals surface area contributed by atoms with Crippen molar-refractivity contribution in [3.8, 4) is 11.1 Å². The Balaban J connectivity index is 1.88. The highest BCUT2D eigenvalue weighted by Crippen LogP contribution is 2.31. The van der Waals surface area contributed by atoms with Gasteiger partial charge in [-0.15, -0.1) is 0 Å². The zero-order chi connectivity index (χ0) is 28.4. The van der Waals surface area contributed by atoms with Crippen LogP contribution in [0.4, 0.5) is 14.9 Å². The SMILES string of the molecule is CC(C)(C)NS(=O)(=O)c1ccccc1-c1ccc(NC(=O)C2(NC(=O)OC(C)(C)C)CCOCC2)c(F)c1. The number of hydrogen-bond donors (Lipinski definition) is 3. The molecule has 38 heavy (non-hydrogen) atoms. The molecule has 2 amide bonds.